The van der Waals surface area contributed by atoms with Crippen LogP contribution in [0.3, 0.4) is 0 Å². The van der Waals surface area contributed by atoms with E-state index in [2.05, 4.69) is 20.8 Å². The summed E-state index contributed by atoms with van der Waals surface area (Å²) in [4.78, 5) is 0. The molecule has 16 heavy (non-hydrogen) atoms. The van der Waals surface area contributed by atoms with Crippen LogP contribution in [0.4, 0.5) is 0 Å². The minimum absolute atomic E-state index is 0.0871. The van der Waals surface area contributed by atoms with Crippen LogP contribution in [0.15, 0.2) is 30.3 Å². The van der Waals surface area contributed by atoms with Gasteiger partial charge in [-0.1, -0.05) is 32.9 Å². The van der Waals surface area contributed by atoms with Crippen LogP contribution >= 0.6 is 0 Å². The smallest absolute Gasteiger partial charge is 0.127 e. The van der Waals surface area contributed by atoms with Crippen molar-refractivity contribution in [2.24, 2.45) is 0 Å². The van der Waals surface area contributed by atoms with Crippen molar-refractivity contribution in [3.8, 4) is 11.5 Å². The van der Waals surface area contributed by atoms with Gasteiger partial charge in [-0.25, -0.2) is 0 Å². The molecule has 0 unspecified atom stereocenters. The summed E-state index contributed by atoms with van der Waals surface area (Å²) in [5.74, 6) is 0.528. The van der Waals surface area contributed by atoms with Gasteiger partial charge in [-0.05, 0) is 34.6 Å². The number of phenols is 2. The molecule has 0 amide bonds. The van der Waals surface area contributed by atoms with Crippen molar-refractivity contribution in [2.45, 2.75) is 26.2 Å². The molecule has 0 radical (unpaired) electrons. The van der Waals surface area contributed by atoms with E-state index in [9.17, 15) is 10.2 Å². The minimum atomic E-state index is -0.0871. The highest BCUT2D eigenvalue weighted by atomic mass is 16.3. The molecule has 2 nitrogen and oxygen atoms in total. The Morgan fingerprint density at radius 2 is 1.62 bits per heavy atom. The van der Waals surface area contributed by atoms with E-state index in [1.54, 1.807) is 18.2 Å². The number of benzene rings is 2. The van der Waals surface area contributed by atoms with Gasteiger partial charge in [0.25, 0.3) is 0 Å². The average Bonchev–Trinajstić information content (AvgIpc) is 2.15. The van der Waals surface area contributed by atoms with Crippen LogP contribution in [-0.4, -0.2) is 10.2 Å². The Kier molecular flexibility index (Phi) is 2.30. The van der Waals surface area contributed by atoms with Gasteiger partial charge in [0, 0.05) is 5.39 Å². The van der Waals surface area contributed by atoms with Crippen LogP contribution in [0.25, 0.3) is 10.8 Å². The Labute approximate surface area is 95.2 Å². The lowest BCUT2D eigenvalue weighted by Crippen LogP contribution is -2.11. The predicted octanol–water partition coefficient (Wildman–Crippen LogP) is 3.55. The third kappa shape index (κ3) is 1.71. The van der Waals surface area contributed by atoms with Gasteiger partial charge in [-0.3, -0.25) is 0 Å². The standard InChI is InChI=1S/C14H16O2/c1-14(2,3)12-7-4-9-8-10(15)5-6-11(9)13(12)16/h4-8,15-16H,1-3H3. The second-order valence-corrected chi connectivity index (χ2v) is 5.12. The van der Waals surface area contributed by atoms with Crippen molar-refractivity contribution in [1.82, 2.24) is 0 Å². The molecule has 84 valence electrons. The highest BCUT2D eigenvalue weighted by Gasteiger charge is 2.19. The highest BCUT2D eigenvalue weighted by Crippen LogP contribution is 2.37. The molecule has 0 atom stereocenters. The molecule has 0 aliphatic heterocycles. The van der Waals surface area contributed by atoms with Gasteiger partial charge in [0.2, 0.25) is 0 Å². The first-order valence-electron chi connectivity index (χ1n) is 5.35. The monoisotopic (exact) mass is 216 g/mol. The largest absolute Gasteiger partial charge is 0.508 e. The predicted molar refractivity (Wildman–Crippen MR) is 66.0 cm³/mol. The molecule has 2 aromatic carbocycles. The van der Waals surface area contributed by atoms with Crippen molar-refractivity contribution in [2.75, 3.05) is 0 Å². The van der Waals surface area contributed by atoms with Crippen molar-refractivity contribution in [3.05, 3.63) is 35.9 Å². The fourth-order valence-corrected chi connectivity index (χ4v) is 1.91. The molecule has 0 saturated carbocycles. The average molecular weight is 216 g/mol. The summed E-state index contributed by atoms with van der Waals surface area (Å²) in [6.45, 7) is 6.19. The quantitative estimate of drug-likeness (QED) is 0.707. The fraction of sp³-hybridized carbons (Fsp3) is 0.286. The first kappa shape index (κ1) is 10.8. The van der Waals surface area contributed by atoms with Crippen LogP contribution < -0.4 is 0 Å². The summed E-state index contributed by atoms with van der Waals surface area (Å²) >= 11 is 0. The topological polar surface area (TPSA) is 40.5 Å². The van der Waals surface area contributed by atoms with Crippen molar-refractivity contribution in [1.29, 1.82) is 0 Å². The lowest BCUT2D eigenvalue weighted by atomic mass is 9.85. The van der Waals surface area contributed by atoms with Gasteiger partial charge in [0.05, 0.1) is 0 Å². The lowest BCUT2D eigenvalue weighted by molar-refractivity contribution is 0.452. The molecular formula is C14H16O2. The SMILES string of the molecule is CC(C)(C)c1ccc2cc(O)ccc2c1O. The van der Waals surface area contributed by atoms with E-state index in [1.165, 1.54) is 0 Å². The van der Waals surface area contributed by atoms with Gasteiger partial charge in [0.1, 0.15) is 11.5 Å². The van der Waals surface area contributed by atoms with E-state index in [-0.39, 0.29) is 11.2 Å². The van der Waals surface area contributed by atoms with Gasteiger partial charge in [0.15, 0.2) is 0 Å². The summed E-state index contributed by atoms with van der Waals surface area (Å²) < 4.78 is 0. The molecular weight excluding hydrogens is 200 g/mol. The molecule has 0 aliphatic rings. The molecule has 2 heteroatoms. The molecule has 0 heterocycles. The third-order valence-corrected chi connectivity index (χ3v) is 2.78. The van der Waals surface area contributed by atoms with E-state index >= 15 is 0 Å². The Hall–Kier alpha value is -1.70. The molecule has 0 aromatic heterocycles. The molecule has 0 bridgehead atoms. The molecule has 0 aliphatic carbocycles. The van der Waals surface area contributed by atoms with E-state index in [0.29, 0.717) is 5.75 Å². The highest BCUT2D eigenvalue weighted by molar-refractivity contribution is 5.90. The summed E-state index contributed by atoms with van der Waals surface area (Å²) in [5, 5.41) is 21.2. The number of fused-ring (bicyclic) bond motifs is 1. The minimum Gasteiger partial charge on any atom is -0.508 e. The molecule has 0 saturated heterocycles. The van der Waals surface area contributed by atoms with E-state index in [4.69, 9.17) is 0 Å². The van der Waals surface area contributed by atoms with Crippen LogP contribution in [0.5, 0.6) is 11.5 Å². The maximum Gasteiger partial charge on any atom is 0.127 e. The molecule has 0 spiro atoms. The Morgan fingerprint density at radius 3 is 2.25 bits per heavy atom. The van der Waals surface area contributed by atoms with E-state index in [0.717, 1.165) is 16.3 Å². The fourth-order valence-electron chi connectivity index (χ4n) is 1.91. The summed E-state index contributed by atoms with van der Waals surface area (Å²) in [7, 11) is 0. The summed E-state index contributed by atoms with van der Waals surface area (Å²) in [6.07, 6.45) is 0. The van der Waals surface area contributed by atoms with Crippen molar-refractivity contribution >= 4 is 10.8 Å². The number of hydrogen-bond donors (Lipinski definition) is 2. The van der Waals surface area contributed by atoms with Crippen molar-refractivity contribution < 1.29 is 10.2 Å². The molecule has 2 rings (SSSR count). The Balaban J connectivity index is 2.75. The first-order chi connectivity index (χ1) is 7.39. The van der Waals surface area contributed by atoms with Gasteiger partial charge in [-0.2, -0.15) is 0 Å². The van der Waals surface area contributed by atoms with E-state index < -0.39 is 0 Å². The number of phenolic OH excluding ortho intramolecular Hbond substituents is 2. The third-order valence-electron chi connectivity index (χ3n) is 2.78. The Bertz CT molecular complexity index is 536. The summed E-state index contributed by atoms with van der Waals surface area (Å²) in [6, 6.07) is 8.83. The second-order valence-electron chi connectivity index (χ2n) is 5.12. The number of hydrogen-bond acceptors (Lipinski definition) is 2. The van der Waals surface area contributed by atoms with Crippen LogP contribution in [-0.2, 0) is 5.41 Å². The maximum absolute atomic E-state index is 10.2. The van der Waals surface area contributed by atoms with Gasteiger partial charge < -0.3 is 10.2 Å². The maximum atomic E-state index is 10.2. The molecule has 2 aromatic rings. The second kappa shape index (κ2) is 3.41. The first-order valence-corrected chi connectivity index (χ1v) is 5.35. The summed E-state index contributed by atoms with van der Waals surface area (Å²) in [5.41, 5.74) is 0.835. The molecule has 0 fully saturated rings. The number of aromatic hydroxyl groups is 2. The van der Waals surface area contributed by atoms with Crippen LogP contribution in [0, 0.1) is 0 Å². The molecule has 2 N–H and O–H groups in total. The van der Waals surface area contributed by atoms with Gasteiger partial charge >= 0.3 is 0 Å². The van der Waals surface area contributed by atoms with E-state index in [1.807, 2.05) is 12.1 Å². The van der Waals surface area contributed by atoms with Crippen molar-refractivity contribution in [3.63, 3.8) is 0 Å². The van der Waals surface area contributed by atoms with Crippen LogP contribution in [0.1, 0.15) is 26.3 Å². The zero-order chi connectivity index (χ0) is 11.9. The zero-order valence-corrected chi connectivity index (χ0v) is 9.78. The normalized spacial score (nSPS) is 11.9. The lowest BCUT2D eigenvalue weighted by Gasteiger charge is -2.21. The van der Waals surface area contributed by atoms with Crippen LogP contribution in [0.2, 0.25) is 0 Å². The van der Waals surface area contributed by atoms with Gasteiger partial charge in [-0.15, -0.1) is 0 Å². The zero-order valence-electron chi connectivity index (χ0n) is 9.78. The Morgan fingerprint density at radius 1 is 0.938 bits per heavy atom. The number of rotatable bonds is 0.